The van der Waals surface area contributed by atoms with E-state index >= 15 is 0 Å². The van der Waals surface area contributed by atoms with Gasteiger partial charge in [-0.2, -0.15) is 0 Å². The fourth-order valence-electron chi connectivity index (χ4n) is 1.68. The molecular weight excluding hydrogens is 264 g/mol. The SMILES string of the molecule is CC(C)Oc1ccccc1-c1ccccc1.CCO[Si]. The predicted molar refractivity (Wildman–Crippen MR) is 85.0 cm³/mol. The number of rotatable bonds is 4. The van der Waals surface area contributed by atoms with Crippen molar-refractivity contribution in [1.82, 2.24) is 0 Å². The Morgan fingerprint density at radius 2 is 1.50 bits per heavy atom. The van der Waals surface area contributed by atoms with Gasteiger partial charge in [-0.15, -0.1) is 0 Å². The lowest BCUT2D eigenvalue weighted by molar-refractivity contribution is 0.243. The third kappa shape index (κ3) is 5.59. The summed E-state index contributed by atoms with van der Waals surface area (Å²) in [5.74, 6) is 0.948. The number of benzene rings is 2. The van der Waals surface area contributed by atoms with Gasteiger partial charge in [-0.05, 0) is 32.4 Å². The van der Waals surface area contributed by atoms with Crippen LogP contribution in [0.2, 0.25) is 0 Å². The smallest absolute Gasteiger partial charge is 0.246 e. The minimum atomic E-state index is 0.199. The van der Waals surface area contributed by atoms with E-state index in [-0.39, 0.29) is 6.10 Å². The first kappa shape index (κ1) is 16.5. The Bertz CT molecular complexity index is 481. The van der Waals surface area contributed by atoms with Crippen molar-refractivity contribution in [2.45, 2.75) is 26.9 Å². The second-order valence-electron chi connectivity index (χ2n) is 4.46. The highest BCUT2D eigenvalue weighted by molar-refractivity contribution is 5.97. The summed E-state index contributed by atoms with van der Waals surface area (Å²) in [7, 11) is 2.79. The second kappa shape index (κ2) is 9.34. The van der Waals surface area contributed by atoms with E-state index in [1.54, 1.807) is 0 Å². The molecular formula is C17H21O2Si. The Labute approximate surface area is 125 Å². The fourth-order valence-corrected chi connectivity index (χ4v) is 1.68. The molecule has 0 spiro atoms. The van der Waals surface area contributed by atoms with Crippen LogP contribution in [0.3, 0.4) is 0 Å². The van der Waals surface area contributed by atoms with Gasteiger partial charge < -0.3 is 9.16 Å². The first-order valence-corrected chi connectivity index (χ1v) is 7.19. The number of ether oxygens (including phenoxy) is 1. The molecule has 0 saturated heterocycles. The van der Waals surface area contributed by atoms with E-state index in [9.17, 15) is 0 Å². The molecule has 0 unspecified atom stereocenters. The summed E-state index contributed by atoms with van der Waals surface area (Å²) in [5.41, 5.74) is 2.34. The number of para-hydroxylation sites is 1. The monoisotopic (exact) mass is 285 g/mol. The lowest BCUT2D eigenvalue weighted by atomic mass is 10.0. The molecule has 0 aliphatic heterocycles. The van der Waals surface area contributed by atoms with Gasteiger partial charge >= 0.3 is 0 Å². The molecule has 2 nitrogen and oxygen atoms in total. The van der Waals surface area contributed by atoms with Crippen LogP contribution in [-0.2, 0) is 4.43 Å². The van der Waals surface area contributed by atoms with Gasteiger partial charge in [0.2, 0.25) is 10.5 Å². The minimum absolute atomic E-state index is 0.199. The van der Waals surface area contributed by atoms with Crippen LogP contribution in [-0.4, -0.2) is 23.2 Å². The molecule has 0 bridgehead atoms. The van der Waals surface area contributed by atoms with Gasteiger partial charge in [0.1, 0.15) is 5.75 Å². The van der Waals surface area contributed by atoms with E-state index in [1.807, 2.05) is 57.2 Å². The molecule has 0 aliphatic rings. The molecule has 0 aromatic heterocycles. The largest absolute Gasteiger partial charge is 0.490 e. The third-order valence-electron chi connectivity index (χ3n) is 2.48. The van der Waals surface area contributed by atoms with Crippen molar-refractivity contribution in [3.8, 4) is 16.9 Å². The molecule has 2 aromatic carbocycles. The van der Waals surface area contributed by atoms with E-state index in [4.69, 9.17) is 4.74 Å². The molecule has 0 N–H and O–H groups in total. The summed E-state index contributed by atoms with van der Waals surface area (Å²) in [6.45, 7) is 6.73. The van der Waals surface area contributed by atoms with Crippen LogP contribution in [0, 0.1) is 0 Å². The average Bonchev–Trinajstić information content (AvgIpc) is 2.48. The fraction of sp³-hybridized carbons (Fsp3) is 0.294. The highest BCUT2D eigenvalue weighted by Gasteiger charge is 2.06. The van der Waals surface area contributed by atoms with Crippen molar-refractivity contribution in [3.05, 3.63) is 54.6 Å². The highest BCUT2D eigenvalue weighted by Crippen LogP contribution is 2.29. The molecule has 0 atom stereocenters. The van der Waals surface area contributed by atoms with Gasteiger partial charge in [0.15, 0.2) is 0 Å². The zero-order valence-electron chi connectivity index (χ0n) is 12.3. The van der Waals surface area contributed by atoms with Crippen molar-refractivity contribution < 1.29 is 9.16 Å². The van der Waals surface area contributed by atoms with Crippen molar-refractivity contribution in [1.29, 1.82) is 0 Å². The van der Waals surface area contributed by atoms with Gasteiger partial charge in [0.25, 0.3) is 0 Å². The van der Waals surface area contributed by atoms with Crippen molar-refractivity contribution in [2.24, 2.45) is 0 Å². The molecule has 0 amide bonds. The number of hydrogen-bond acceptors (Lipinski definition) is 2. The first-order chi connectivity index (χ1) is 9.69. The number of hydrogen-bond donors (Lipinski definition) is 0. The first-order valence-electron chi connectivity index (χ1n) is 6.78. The zero-order valence-corrected chi connectivity index (χ0v) is 13.3. The van der Waals surface area contributed by atoms with E-state index in [2.05, 4.69) is 33.1 Å². The van der Waals surface area contributed by atoms with Crippen LogP contribution in [0.4, 0.5) is 0 Å². The Balaban J connectivity index is 0.000000444. The lowest BCUT2D eigenvalue weighted by Crippen LogP contribution is -2.06. The summed E-state index contributed by atoms with van der Waals surface area (Å²) < 4.78 is 10.1. The highest BCUT2D eigenvalue weighted by atomic mass is 28.2. The van der Waals surface area contributed by atoms with Crippen LogP contribution in [0.25, 0.3) is 11.1 Å². The average molecular weight is 285 g/mol. The van der Waals surface area contributed by atoms with Gasteiger partial charge in [0, 0.05) is 12.2 Å². The van der Waals surface area contributed by atoms with Crippen LogP contribution < -0.4 is 4.74 Å². The Hall–Kier alpha value is -1.58. The van der Waals surface area contributed by atoms with Crippen molar-refractivity contribution in [3.63, 3.8) is 0 Å². The van der Waals surface area contributed by atoms with E-state index in [0.29, 0.717) is 0 Å². The summed E-state index contributed by atoms with van der Waals surface area (Å²) in [4.78, 5) is 0. The molecule has 105 valence electrons. The summed E-state index contributed by atoms with van der Waals surface area (Å²) in [5, 5.41) is 0. The van der Waals surface area contributed by atoms with E-state index in [0.717, 1.165) is 17.9 Å². The van der Waals surface area contributed by atoms with E-state index in [1.165, 1.54) is 5.56 Å². The maximum absolute atomic E-state index is 5.80. The van der Waals surface area contributed by atoms with Crippen LogP contribution in [0.1, 0.15) is 20.8 Å². The summed E-state index contributed by atoms with van der Waals surface area (Å²) in [6.07, 6.45) is 0.199. The summed E-state index contributed by atoms with van der Waals surface area (Å²) >= 11 is 0. The van der Waals surface area contributed by atoms with Crippen molar-refractivity contribution in [2.75, 3.05) is 6.61 Å². The summed E-state index contributed by atoms with van der Waals surface area (Å²) in [6, 6.07) is 18.5. The normalized spacial score (nSPS) is 9.85. The van der Waals surface area contributed by atoms with Crippen LogP contribution in [0.15, 0.2) is 54.6 Å². The van der Waals surface area contributed by atoms with Gasteiger partial charge in [-0.25, -0.2) is 0 Å². The van der Waals surface area contributed by atoms with Gasteiger partial charge in [-0.3, -0.25) is 0 Å². The Morgan fingerprint density at radius 1 is 0.950 bits per heavy atom. The third-order valence-corrected chi connectivity index (χ3v) is 2.77. The standard InChI is InChI=1S/C15H16O.C2H5OSi/c1-12(2)16-15-11-7-6-10-14(15)13-8-4-3-5-9-13;1-2-3-4/h3-12H,1-2H3;2H2,1H3. The van der Waals surface area contributed by atoms with Crippen molar-refractivity contribution >= 4 is 10.5 Å². The Kier molecular flexibility index (Phi) is 7.69. The minimum Gasteiger partial charge on any atom is -0.490 e. The molecule has 2 rings (SSSR count). The zero-order chi connectivity index (χ0) is 14.8. The molecule has 0 saturated carbocycles. The quantitative estimate of drug-likeness (QED) is 0.782. The molecule has 0 fully saturated rings. The molecule has 20 heavy (non-hydrogen) atoms. The van der Waals surface area contributed by atoms with Crippen LogP contribution >= 0.6 is 0 Å². The maximum atomic E-state index is 5.80. The predicted octanol–water partition coefficient (Wildman–Crippen LogP) is 4.25. The maximum Gasteiger partial charge on any atom is 0.246 e. The van der Waals surface area contributed by atoms with E-state index < -0.39 is 0 Å². The second-order valence-corrected chi connectivity index (χ2v) is 4.75. The topological polar surface area (TPSA) is 18.5 Å². The molecule has 3 heteroatoms. The Morgan fingerprint density at radius 3 is 2.05 bits per heavy atom. The van der Waals surface area contributed by atoms with Gasteiger partial charge in [0.05, 0.1) is 6.10 Å². The molecule has 0 aliphatic carbocycles. The lowest BCUT2D eigenvalue weighted by Gasteiger charge is -2.14. The molecule has 0 heterocycles. The van der Waals surface area contributed by atoms with Gasteiger partial charge in [-0.1, -0.05) is 48.5 Å². The molecule has 2 aromatic rings. The van der Waals surface area contributed by atoms with Crippen LogP contribution in [0.5, 0.6) is 5.75 Å². The molecule has 3 radical (unpaired) electrons.